The van der Waals surface area contributed by atoms with E-state index in [1.54, 1.807) is 0 Å². The summed E-state index contributed by atoms with van der Waals surface area (Å²) in [6, 6.07) is 0.904. The molecule has 1 saturated carbocycles. The van der Waals surface area contributed by atoms with Gasteiger partial charge < -0.3 is 10.2 Å². The molecule has 0 atom stereocenters. The first kappa shape index (κ1) is 14.6. The second-order valence-electron chi connectivity index (χ2n) is 7.18. The highest BCUT2D eigenvalue weighted by Crippen LogP contribution is 2.24. The largest absolute Gasteiger partial charge is 0.337 e. The summed E-state index contributed by atoms with van der Waals surface area (Å²) in [5.74, 6) is 0. The number of urea groups is 1. The van der Waals surface area contributed by atoms with Gasteiger partial charge in [-0.05, 0) is 18.3 Å². The molecule has 2 amide bonds. The smallest absolute Gasteiger partial charge is 0.317 e. The lowest BCUT2D eigenvalue weighted by Gasteiger charge is -2.38. The van der Waals surface area contributed by atoms with Crippen molar-refractivity contribution in [3.05, 3.63) is 0 Å². The molecule has 4 heteroatoms. The van der Waals surface area contributed by atoms with E-state index in [2.05, 4.69) is 31.0 Å². The molecule has 0 bridgehead atoms. The van der Waals surface area contributed by atoms with Crippen molar-refractivity contribution >= 4 is 6.03 Å². The third-order valence-corrected chi connectivity index (χ3v) is 4.21. The van der Waals surface area contributed by atoms with E-state index in [0.717, 1.165) is 38.8 Å². The Morgan fingerprint density at radius 3 is 2.21 bits per heavy atom. The van der Waals surface area contributed by atoms with Crippen molar-refractivity contribution in [2.45, 2.75) is 52.5 Å². The highest BCUT2D eigenvalue weighted by atomic mass is 16.2. The molecule has 2 fully saturated rings. The van der Waals surface area contributed by atoms with Crippen LogP contribution in [0.3, 0.4) is 0 Å². The van der Waals surface area contributed by atoms with Crippen molar-refractivity contribution in [1.29, 1.82) is 0 Å². The van der Waals surface area contributed by atoms with Crippen LogP contribution in [0.4, 0.5) is 4.79 Å². The van der Waals surface area contributed by atoms with Crippen molar-refractivity contribution < 1.29 is 4.79 Å². The zero-order valence-electron chi connectivity index (χ0n) is 12.7. The van der Waals surface area contributed by atoms with Gasteiger partial charge in [0.05, 0.1) is 0 Å². The number of amides is 2. The molecule has 4 nitrogen and oxygen atoms in total. The third-order valence-electron chi connectivity index (χ3n) is 4.21. The minimum absolute atomic E-state index is 0.112. The Kier molecular flexibility index (Phi) is 4.71. The van der Waals surface area contributed by atoms with Gasteiger partial charge in [-0.1, -0.05) is 33.6 Å². The van der Waals surface area contributed by atoms with Crippen LogP contribution >= 0.6 is 0 Å². The fourth-order valence-corrected chi connectivity index (χ4v) is 3.01. The van der Waals surface area contributed by atoms with Crippen molar-refractivity contribution in [1.82, 2.24) is 15.1 Å². The molecule has 19 heavy (non-hydrogen) atoms. The summed E-state index contributed by atoms with van der Waals surface area (Å²) < 4.78 is 0. The van der Waals surface area contributed by atoms with E-state index in [1.165, 1.54) is 25.7 Å². The number of nitrogens with zero attached hydrogens (tertiary/aromatic N) is 2. The Bertz CT molecular complexity index is 297. The molecule has 0 aromatic heterocycles. The Balaban J connectivity index is 1.71. The first-order valence-corrected chi connectivity index (χ1v) is 7.72. The van der Waals surface area contributed by atoms with E-state index < -0.39 is 0 Å². The number of hydrogen-bond acceptors (Lipinski definition) is 2. The Morgan fingerprint density at radius 1 is 1.11 bits per heavy atom. The van der Waals surface area contributed by atoms with Gasteiger partial charge in [0.25, 0.3) is 0 Å². The van der Waals surface area contributed by atoms with Crippen LogP contribution < -0.4 is 5.32 Å². The van der Waals surface area contributed by atoms with Crippen molar-refractivity contribution in [3.63, 3.8) is 0 Å². The lowest BCUT2D eigenvalue weighted by atomic mass is 9.97. The summed E-state index contributed by atoms with van der Waals surface area (Å²) in [5.41, 5.74) is 0.154. The molecule has 2 aliphatic rings. The molecule has 1 heterocycles. The number of carbonyl (C=O) groups excluding carboxylic acids is 1. The Morgan fingerprint density at radius 2 is 1.68 bits per heavy atom. The SMILES string of the molecule is CC(C)(C)CNC(=O)N1CCN(C2CCCC2)CC1. The van der Waals surface area contributed by atoms with Crippen molar-refractivity contribution in [2.24, 2.45) is 5.41 Å². The summed E-state index contributed by atoms with van der Waals surface area (Å²) in [7, 11) is 0. The molecule has 0 spiro atoms. The van der Waals surface area contributed by atoms with Crippen LogP contribution in [0.15, 0.2) is 0 Å². The maximum Gasteiger partial charge on any atom is 0.317 e. The van der Waals surface area contributed by atoms with E-state index in [1.807, 2.05) is 4.90 Å². The minimum atomic E-state index is 0.112. The average Bonchev–Trinajstić information content (AvgIpc) is 2.89. The van der Waals surface area contributed by atoms with Gasteiger partial charge >= 0.3 is 6.03 Å². The van der Waals surface area contributed by atoms with Gasteiger partial charge in [-0.15, -0.1) is 0 Å². The van der Waals surface area contributed by atoms with Crippen LogP contribution in [0.25, 0.3) is 0 Å². The predicted octanol–water partition coefficient (Wildman–Crippen LogP) is 2.30. The number of rotatable bonds is 2. The lowest BCUT2D eigenvalue weighted by Crippen LogP contribution is -2.54. The topological polar surface area (TPSA) is 35.6 Å². The molecular weight excluding hydrogens is 238 g/mol. The predicted molar refractivity (Wildman–Crippen MR) is 78.3 cm³/mol. The maximum atomic E-state index is 12.1. The molecule has 1 N–H and O–H groups in total. The summed E-state index contributed by atoms with van der Waals surface area (Å²) in [5, 5.41) is 3.05. The normalized spacial score (nSPS) is 22.8. The number of hydrogen-bond donors (Lipinski definition) is 1. The van der Waals surface area contributed by atoms with Gasteiger partial charge in [0.2, 0.25) is 0 Å². The maximum absolute atomic E-state index is 12.1. The zero-order chi connectivity index (χ0) is 13.9. The molecule has 0 aromatic rings. The molecule has 1 aliphatic carbocycles. The molecule has 110 valence electrons. The average molecular weight is 267 g/mol. The standard InChI is InChI=1S/C15H29N3O/c1-15(2,3)12-16-14(19)18-10-8-17(9-11-18)13-6-4-5-7-13/h13H,4-12H2,1-3H3,(H,16,19). The summed E-state index contributed by atoms with van der Waals surface area (Å²) in [6.07, 6.45) is 5.49. The number of nitrogens with one attached hydrogen (secondary N) is 1. The lowest BCUT2D eigenvalue weighted by molar-refractivity contribution is 0.108. The van der Waals surface area contributed by atoms with E-state index in [0.29, 0.717) is 0 Å². The van der Waals surface area contributed by atoms with Gasteiger partial charge in [-0.3, -0.25) is 4.90 Å². The van der Waals surface area contributed by atoms with Gasteiger partial charge in [0.1, 0.15) is 0 Å². The van der Waals surface area contributed by atoms with Crippen molar-refractivity contribution in [3.8, 4) is 0 Å². The van der Waals surface area contributed by atoms with Gasteiger partial charge in [0, 0.05) is 38.8 Å². The molecular formula is C15H29N3O. The Labute approximate surface area is 117 Å². The molecule has 0 aromatic carbocycles. The van der Waals surface area contributed by atoms with Crippen LogP contribution in [-0.4, -0.2) is 54.6 Å². The van der Waals surface area contributed by atoms with E-state index in [4.69, 9.17) is 0 Å². The molecule has 1 aliphatic heterocycles. The van der Waals surface area contributed by atoms with E-state index in [-0.39, 0.29) is 11.4 Å². The second-order valence-corrected chi connectivity index (χ2v) is 7.18. The van der Waals surface area contributed by atoms with Gasteiger partial charge in [0.15, 0.2) is 0 Å². The monoisotopic (exact) mass is 267 g/mol. The van der Waals surface area contributed by atoms with Crippen LogP contribution in [0.5, 0.6) is 0 Å². The van der Waals surface area contributed by atoms with Crippen LogP contribution in [0.2, 0.25) is 0 Å². The molecule has 0 unspecified atom stereocenters. The molecule has 1 saturated heterocycles. The molecule has 2 rings (SSSR count). The summed E-state index contributed by atoms with van der Waals surface area (Å²) in [6.45, 7) is 11.0. The Hall–Kier alpha value is -0.770. The van der Waals surface area contributed by atoms with Crippen LogP contribution in [-0.2, 0) is 0 Å². The van der Waals surface area contributed by atoms with Crippen LogP contribution in [0, 0.1) is 5.41 Å². The minimum Gasteiger partial charge on any atom is -0.337 e. The van der Waals surface area contributed by atoms with Gasteiger partial charge in [-0.2, -0.15) is 0 Å². The fraction of sp³-hybridized carbons (Fsp3) is 0.933. The first-order chi connectivity index (χ1) is 8.96. The van der Waals surface area contributed by atoms with Crippen LogP contribution in [0.1, 0.15) is 46.5 Å². The van der Waals surface area contributed by atoms with E-state index in [9.17, 15) is 4.79 Å². The quantitative estimate of drug-likeness (QED) is 0.833. The van der Waals surface area contributed by atoms with E-state index >= 15 is 0 Å². The second kappa shape index (κ2) is 6.12. The highest BCUT2D eigenvalue weighted by Gasteiger charge is 2.28. The molecule has 0 radical (unpaired) electrons. The fourth-order valence-electron chi connectivity index (χ4n) is 3.01. The number of carbonyl (C=O) groups is 1. The third kappa shape index (κ3) is 4.37. The first-order valence-electron chi connectivity index (χ1n) is 7.72. The summed E-state index contributed by atoms with van der Waals surface area (Å²) in [4.78, 5) is 16.6. The number of piperazine rings is 1. The highest BCUT2D eigenvalue weighted by molar-refractivity contribution is 5.74. The van der Waals surface area contributed by atoms with Gasteiger partial charge in [-0.25, -0.2) is 4.79 Å². The summed E-state index contributed by atoms with van der Waals surface area (Å²) >= 11 is 0. The zero-order valence-corrected chi connectivity index (χ0v) is 12.7. The van der Waals surface area contributed by atoms with Crippen molar-refractivity contribution in [2.75, 3.05) is 32.7 Å².